The molecule has 0 aliphatic rings. The molecule has 5 aromatic rings. The average molecular weight is 490 g/mol. The van der Waals surface area contributed by atoms with Crippen molar-refractivity contribution in [2.75, 3.05) is 7.05 Å². The third-order valence-electron chi connectivity index (χ3n) is 6.12. The number of benzene rings is 4. The number of ether oxygens (including phenoxy) is 1. The van der Waals surface area contributed by atoms with Gasteiger partial charge in [-0.2, -0.15) is 0 Å². The molecule has 1 aromatic heterocycles. The highest BCUT2D eigenvalue weighted by molar-refractivity contribution is 5.94. The van der Waals surface area contributed by atoms with Crippen molar-refractivity contribution < 1.29 is 13.9 Å². The Bertz CT molecular complexity index is 1510. The van der Waals surface area contributed by atoms with E-state index in [0.29, 0.717) is 23.9 Å². The second-order valence-electron chi connectivity index (χ2n) is 8.95. The van der Waals surface area contributed by atoms with Gasteiger partial charge < -0.3 is 14.1 Å². The van der Waals surface area contributed by atoms with Crippen LogP contribution in [-0.4, -0.2) is 28.1 Å². The molecule has 0 saturated carbocycles. The number of carbonyl (C=O) groups excluding carboxylic acids is 1. The van der Waals surface area contributed by atoms with E-state index in [1.807, 2.05) is 104 Å². The number of hydrogen-bond donors (Lipinski definition) is 0. The second kappa shape index (κ2) is 10.5. The van der Waals surface area contributed by atoms with Crippen LogP contribution in [0.5, 0.6) is 11.5 Å². The van der Waals surface area contributed by atoms with E-state index in [2.05, 4.69) is 17.1 Å². The van der Waals surface area contributed by atoms with E-state index in [1.165, 1.54) is 0 Å². The third-order valence-corrected chi connectivity index (χ3v) is 6.12. The maximum Gasteiger partial charge on any atom is 0.253 e. The number of hydrogen-bond acceptors (Lipinski definition) is 5. The Morgan fingerprint density at radius 3 is 2.16 bits per heavy atom. The monoisotopic (exact) mass is 489 g/mol. The molecule has 0 spiro atoms. The normalized spacial score (nSPS) is 10.8. The average Bonchev–Trinajstić information content (AvgIpc) is 3.36. The van der Waals surface area contributed by atoms with Crippen LogP contribution in [0.2, 0.25) is 0 Å². The summed E-state index contributed by atoms with van der Waals surface area (Å²) in [6.45, 7) is 4.33. The molecule has 184 valence electrons. The van der Waals surface area contributed by atoms with Gasteiger partial charge in [-0.1, -0.05) is 48.5 Å². The zero-order chi connectivity index (χ0) is 25.8. The maximum absolute atomic E-state index is 13.1. The van der Waals surface area contributed by atoms with Crippen molar-refractivity contribution in [1.82, 2.24) is 15.1 Å². The van der Waals surface area contributed by atoms with Crippen LogP contribution in [0.25, 0.3) is 22.6 Å². The van der Waals surface area contributed by atoms with Gasteiger partial charge in [0.25, 0.3) is 5.91 Å². The van der Waals surface area contributed by atoms with E-state index >= 15 is 0 Å². The molecule has 4 aromatic carbocycles. The zero-order valence-corrected chi connectivity index (χ0v) is 21.0. The van der Waals surface area contributed by atoms with Gasteiger partial charge in [0, 0.05) is 31.6 Å². The van der Waals surface area contributed by atoms with E-state index in [9.17, 15) is 4.79 Å². The number of para-hydroxylation sites is 1. The minimum Gasteiger partial charge on any atom is -0.457 e. The predicted octanol–water partition coefficient (Wildman–Crippen LogP) is 7.08. The number of nitrogens with zero attached hydrogens (tertiary/aromatic N) is 3. The largest absolute Gasteiger partial charge is 0.457 e. The molecule has 0 bridgehead atoms. The van der Waals surface area contributed by atoms with Crippen molar-refractivity contribution in [3.05, 3.63) is 120 Å². The molecule has 0 N–H and O–H groups in total. The van der Waals surface area contributed by atoms with Crippen molar-refractivity contribution in [1.29, 1.82) is 0 Å². The molecule has 0 radical (unpaired) electrons. The molecule has 1 heterocycles. The highest BCUT2D eigenvalue weighted by atomic mass is 16.5. The summed E-state index contributed by atoms with van der Waals surface area (Å²) in [6, 6.07) is 31.2. The first-order chi connectivity index (χ1) is 18.0. The summed E-state index contributed by atoms with van der Waals surface area (Å²) in [5.41, 5.74) is 5.72. The van der Waals surface area contributed by atoms with Gasteiger partial charge in [0.1, 0.15) is 11.5 Å². The number of aromatic nitrogens is 2. The fourth-order valence-electron chi connectivity index (χ4n) is 4.13. The zero-order valence-electron chi connectivity index (χ0n) is 21.0. The highest BCUT2D eigenvalue weighted by Crippen LogP contribution is 2.29. The molecule has 0 unspecified atom stereocenters. The summed E-state index contributed by atoms with van der Waals surface area (Å²) in [6.07, 6.45) is 0. The SMILES string of the molecule is Cc1nnc(-c2ccc(C)c(-c3ccc(C(=O)N(C)Cc4ccc(Oc5ccccc5)cc4)cc3)c2)o1. The quantitative estimate of drug-likeness (QED) is 0.244. The maximum atomic E-state index is 13.1. The molecule has 0 atom stereocenters. The number of amides is 1. The van der Waals surface area contributed by atoms with Gasteiger partial charge in [0.2, 0.25) is 11.8 Å². The molecule has 0 saturated heterocycles. The molecular formula is C31H27N3O3. The molecule has 1 amide bonds. The Labute approximate surface area is 216 Å². The molecule has 37 heavy (non-hydrogen) atoms. The van der Waals surface area contributed by atoms with Crippen LogP contribution in [0.1, 0.15) is 27.4 Å². The van der Waals surface area contributed by atoms with Gasteiger partial charge in [-0.05, 0) is 77.7 Å². The fourth-order valence-corrected chi connectivity index (χ4v) is 4.13. The van der Waals surface area contributed by atoms with E-state index in [-0.39, 0.29) is 5.91 Å². The Kier molecular flexibility index (Phi) is 6.81. The lowest BCUT2D eigenvalue weighted by Gasteiger charge is -2.18. The van der Waals surface area contributed by atoms with Crippen LogP contribution >= 0.6 is 0 Å². The minimum absolute atomic E-state index is 0.0389. The van der Waals surface area contributed by atoms with Gasteiger partial charge in [-0.3, -0.25) is 4.79 Å². The highest BCUT2D eigenvalue weighted by Gasteiger charge is 2.14. The first-order valence-electron chi connectivity index (χ1n) is 12.0. The lowest BCUT2D eigenvalue weighted by Crippen LogP contribution is -2.26. The lowest BCUT2D eigenvalue weighted by molar-refractivity contribution is 0.0785. The molecular weight excluding hydrogens is 462 g/mol. The van der Waals surface area contributed by atoms with Gasteiger partial charge in [0.15, 0.2) is 0 Å². The summed E-state index contributed by atoms with van der Waals surface area (Å²) in [4.78, 5) is 14.8. The summed E-state index contributed by atoms with van der Waals surface area (Å²) >= 11 is 0. The summed E-state index contributed by atoms with van der Waals surface area (Å²) in [5.74, 6) is 2.53. The second-order valence-corrected chi connectivity index (χ2v) is 8.95. The van der Waals surface area contributed by atoms with Crippen molar-refractivity contribution in [3.8, 4) is 34.1 Å². The standard InChI is InChI=1S/C31H27N3O3/c1-21-9-12-26(30-33-32-22(2)36-30)19-29(21)24-13-15-25(16-14-24)31(35)34(3)20-23-10-17-28(18-11-23)37-27-7-5-4-6-8-27/h4-19H,20H2,1-3H3. The number of rotatable bonds is 7. The Balaban J connectivity index is 1.26. The number of aryl methyl sites for hydroxylation is 2. The van der Waals surface area contributed by atoms with Crippen molar-refractivity contribution in [2.24, 2.45) is 0 Å². The topological polar surface area (TPSA) is 68.5 Å². The smallest absolute Gasteiger partial charge is 0.253 e. The van der Waals surface area contributed by atoms with Gasteiger partial charge in [-0.15, -0.1) is 10.2 Å². The van der Waals surface area contributed by atoms with E-state index in [1.54, 1.807) is 11.8 Å². The Morgan fingerprint density at radius 2 is 1.49 bits per heavy atom. The lowest BCUT2D eigenvalue weighted by atomic mass is 9.97. The van der Waals surface area contributed by atoms with Crippen molar-refractivity contribution in [3.63, 3.8) is 0 Å². The summed E-state index contributed by atoms with van der Waals surface area (Å²) in [7, 11) is 1.81. The van der Waals surface area contributed by atoms with Crippen molar-refractivity contribution in [2.45, 2.75) is 20.4 Å². The molecule has 5 rings (SSSR count). The van der Waals surface area contributed by atoms with E-state index in [0.717, 1.165) is 39.3 Å². The molecule has 0 aliphatic heterocycles. The van der Waals surface area contributed by atoms with Crippen LogP contribution in [0, 0.1) is 13.8 Å². The van der Waals surface area contributed by atoms with E-state index < -0.39 is 0 Å². The summed E-state index contributed by atoms with van der Waals surface area (Å²) < 4.78 is 11.4. The van der Waals surface area contributed by atoms with Gasteiger partial charge in [0.05, 0.1) is 0 Å². The number of carbonyl (C=O) groups is 1. The minimum atomic E-state index is -0.0389. The first kappa shape index (κ1) is 24.0. The van der Waals surface area contributed by atoms with Crippen molar-refractivity contribution >= 4 is 5.91 Å². The van der Waals surface area contributed by atoms with Crippen LogP contribution in [0.3, 0.4) is 0 Å². The van der Waals surface area contributed by atoms with Crippen LogP contribution in [-0.2, 0) is 6.54 Å². The molecule has 6 nitrogen and oxygen atoms in total. The first-order valence-corrected chi connectivity index (χ1v) is 12.0. The van der Waals surface area contributed by atoms with Gasteiger partial charge >= 0.3 is 0 Å². The van der Waals surface area contributed by atoms with Crippen LogP contribution in [0.4, 0.5) is 0 Å². The van der Waals surface area contributed by atoms with Crippen LogP contribution < -0.4 is 4.74 Å². The molecule has 0 fully saturated rings. The Morgan fingerprint density at radius 1 is 0.811 bits per heavy atom. The fraction of sp³-hybridized carbons (Fsp3) is 0.129. The predicted molar refractivity (Wildman–Crippen MR) is 143 cm³/mol. The molecule has 0 aliphatic carbocycles. The molecule has 6 heteroatoms. The Hall–Kier alpha value is -4.71. The van der Waals surface area contributed by atoms with Crippen LogP contribution in [0.15, 0.2) is 101 Å². The van der Waals surface area contributed by atoms with Gasteiger partial charge in [-0.25, -0.2) is 0 Å². The van der Waals surface area contributed by atoms with E-state index in [4.69, 9.17) is 9.15 Å². The summed E-state index contributed by atoms with van der Waals surface area (Å²) in [5, 5.41) is 8.04. The third kappa shape index (κ3) is 5.59.